The molecule has 4 aliphatic heterocycles. The van der Waals surface area contributed by atoms with Crippen molar-refractivity contribution in [3.8, 4) is 0 Å². The Morgan fingerprint density at radius 2 is 0.855 bits per heavy atom. The third-order valence-electron chi connectivity index (χ3n) is 12.5. The number of anilines is 1. The van der Waals surface area contributed by atoms with Crippen LogP contribution < -0.4 is 5.73 Å². The van der Waals surface area contributed by atoms with Gasteiger partial charge >= 0.3 is 0 Å². The van der Waals surface area contributed by atoms with E-state index in [0.29, 0.717) is 60.4 Å². The lowest BCUT2D eigenvalue weighted by Gasteiger charge is -2.21. The topological polar surface area (TPSA) is 184 Å². The predicted molar refractivity (Wildman–Crippen MR) is 283 cm³/mol. The third kappa shape index (κ3) is 11.3. The molecule has 0 aromatic carbocycles. The fraction of sp³-hybridized carbons (Fsp3) is 0.455. The lowest BCUT2D eigenvalue weighted by atomic mass is 10.00. The molecule has 4 saturated heterocycles. The van der Waals surface area contributed by atoms with Gasteiger partial charge in [-0.05, 0) is 96.5 Å². The number of hydrogen-bond donors (Lipinski definition) is 1. The smallest absolute Gasteiger partial charge is 0.155 e. The zero-order valence-electron chi connectivity index (χ0n) is 36.8. The second kappa shape index (κ2) is 23.5. The van der Waals surface area contributed by atoms with Gasteiger partial charge in [-0.1, -0.05) is 69.6 Å². The van der Waals surface area contributed by atoms with E-state index in [1.54, 1.807) is 37.2 Å². The standard InChI is InChI=1S/C11H10Cl2IN3O.C11H11Cl2N3O.C11H12ClIN4O.C11H12ClN3O/c12-7-5-15-9(13)8-10(14)16-11(17(7)8)6-1-3-18-4-2-6;12-9-6-14-10(13)8-5-15-11(16(8)9)7-1-3-17-4-2-7;12-7-5-15-10(14)8-9(13)16-11(17(7)8)6-1-3-18-4-2-6;12-10-9-7-14-11(15(9)4-3-13-10)8-1-5-16-6-2-8/h5-6H,1-4H2;5-7H,1-4H2;5-6H,1-4H2,(H2,14,15);3-4,7-8H,1-2,5-6H2. The zero-order chi connectivity index (χ0) is 48.2. The fourth-order valence-corrected chi connectivity index (χ4v) is 11.9. The fourth-order valence-electron chi connectivity index (χ4n) is 8.97. The molecule has 0 unspecified atom stereocenters. The molecule has 12 heterocycles. The van der Waals surface area contributed by atoms with Crippen molar-refractivity contribution >= 4 is 143 Å². The molecule has 8 aromatic heterocycles. The van der Waals surface area contributed by atoms with E-state index in [1.807, 2.05) is 23.8 Å². The first-order chi connectivity index (χ1) is 33.5. The summed E-state index contributed by atoms with van der Waals surface area (Å²) in [5.41, 5.74) is 9.16. The van der Waals surface area contributed by atoms with E-state index in [9.17, 15) is 0 Å². The average Bonchev–Trinajstić information content (AvgIpc) is 4.19. The van der Waals surface area contributed by atoms with Crippen molar-refractivity contribution in [3.63, 3.8) is 0 Å². The first-order valence-electron chi connectivity index (χ1n) is 22.3. The van der Waals surface area contributed by atoms with E-state index in [2.05, 4.69) is 85.1 Å². The van der Waals surface area contributed by atoms with Crippen molar-refractivity contribution < 1.29 is 18.9 Å². The summed E-state index contributed by atoms with van der Waals surface area (Å²) in [6, 6.07) is 0. The van der Waals surface area contributed by atoms with Gasteiger partial charge in [0.05, 0.1) is 31.0 Å². The third-order valence-corrected chi connectivity index (χ3v) is 15.6. The summed E-state index contributed by atoms with van der Waals surface area (Å²) in [5, 5.41) is 3.02. The van der Waals surface area contributed by atoms with Gasteiger partial charge in [-0.2, -0.15) is 0 Å². The van der Waals surface area contributed by atoms with Crippen molar-refractivity contribution in [2.24, 2.45) is 0 Å². The van der Waals surface area contributed by atoms with Crippen LogP contribution in [0.2, 0.25) is 30.9 Å². The first-order valence-corrected chi connectivity index (χ1v) is 26.7. The van der Waals surface area contributed by atoms with Gasteiger partial charge in [0.1, 0.15) is 68.2 Å². The highest BCUT2D eigenvalue weighted by molar-refractivity contribution is 14.1. The molecule has 0 aliphatic carbocycles. The monoisotopic (exact) mass is 1280 g/mol. The molecule has 12 rings (SSSR count). The maximum Gasteiger partial charge on any atom is 0.155 e. The van der Waals surface area contributed by atoms with Gasteiger partial charge in [-0.3, -0.25) is 17.6 Å². The molecule has 2 N–H and O–H groups in total. The Bertz CT molecular complexity index is 2950. The summed E-state index contributed by atoms with van der Waals surface area (Å²) < 4.78 is 30.9. The summed E-state index contributed by atoms with van der Waals surface area (Å²) in [4.78, 5) is 34.4. The Kier molecular flexibility index (Phi) is 17.4. The largest absolute Gasteiger partial charge is 0.382 e. The summed E-state index contributed by atoms with van der Waals surface area (Å²) >= 11 is 41.1. The van der Waals surface area contributed by atoms with Crippen molar-refractivity contribution in [2.75, 3.05) is 58.6 Å². The van der Waals surface area contributed by atoms with Gasteiger partial charge < -0.3 is 24.7 Å². The number of nitrogens with two attached hydrogens (primary N) is 1. The Morgan fingerprint density at radius 3 is 1.41 bits per heavy atom. The SMILES string of the molecule is Clc1ncc(Cl)n2c(C3CCOCC3)nc(I)c12.Clc1ncc(Cl)n2c(C3CCOCC3)ncc12.Clc1nccn2c(C3CCOCC3)ncc12.Nc1ncc(Cl)n2c(C3CCOCC3)nc(I)c12. The molecule has 17 nitrogen and oxygen atoms in total. The van der Waals surface area contributed by atoms with Crippen molar-refractivity contribution in [1.82, 2.24) is 57.5 Å². The van der Waals surface area contributed by atoms with Crippen LogP contribution in [0.3, 0.4) is 0 Å². The molecule has 25 heteroatoms. The highest BCUT2D eigenvalue weighted by atomic mass is 127. The molecule has 366 valence electrons. The highest BCUT2D eigenvalue weighted by Gasteiger charge is 2.27. The molecule has 0 atom stereocenters. The Hall–Kier alpha value is -2.68. The second-order valence-corrected chi connectivity index (χ2v) is 20.9. The van der Waals surface area contributed by atoms with Crippen LogP contribution in [-0.4, -0.2) is 110 Å². The van der Waals surface area contributed by atoms with Crippen molar-refractivity contribution in [3.05, 3.63) is 105 Å². The lowest BCUT2D eigenvalue weighted by Crippen LogP contribution is -2.16. The molecule has 0 spiro atoms. The predicted octanol–water partition coefficient (Wildman–Crippen LogP) is 11.2. The van der Waals surface area contributed by atoms with Gasteiger partial charge in [-0.25, -0.2) is 39.9 Å². The van der Waals surface area contributed by atoms with E-state index in [-0.39, 0.29) is 0 Å². The molecule has 4 fully saturated rings. The normalized spacial score (nSPS) is 17.7. The number of fused-ring (bicyclic) bond motifs is 4. The summed E-state index contributed by atoms with van der Waals surface area (Å²) in [7, 11) is 0. The molecule has 69 heavy (non-hydrogen) atoms. The maximum atomic E-state index is 6.24. The average molecular weight is 1290 g/mol. The molecule has 8 aromatic rings. The van der Waals surface area contributed by atoms with Crippen LogP contribution in [0.4, 0.5) is 5.82 Å². The van der Waals surface area contributed by atoms with Crippen LogP contribution in [0.1, 0.15) is 98.3 Å². The number of imidazole rings is 4. The zero-order valence-corrected chi connectivity index (χ0v) is 45.6. The number of nitrogen functional groups attached to an aromatic ring is 1. The van der Waals surface area contributed by atoms with Gasteiger partial charge in [0, 0.05) is 88.9 Å². The molecule has 0 bridgehead atoms. The van der Waals surface area contributed by atoms with Crippen LogP contribution in [0.5, 0.6) is 0 Å². The Morgan fingerprint density at radius 1 is 0.449 bits per heavy atom. The van der Waals surface area contributed by atoms with Crippen LogP contribution in [0, 0.1) is 7.40 Å². The van der Waals surface area contributed by atoms with E-state index in [0.717, 1.165) is 157 Å². The second-order valence-electron chi connectivity index (χ2n) is 16.6. The van der Waals surface area contributed by atoms with Gasteiger partial charge in [0.2, 0.25) is 0 Å². The van der Waals surface area contributed by atoms with Gasteiger partial charge in [-0.15, -0.1) is 0 Å². The molecular weight excluding hydrogens is 1240 g/mol. The summed E-state index contributed by atoms with van der Waals surface area (Å²) in [6.45, 7) is 6.27. The van der Waals surface area contributed by atoms with Crippen LogP contribution in [0.15, 0.2) is 43.4 Å². The number of nitrogens with zero attached hydrogens (tertiary/aromatic N) is 12. The Balaban J connectivity index is 0.000000115. The summed E-state index contributed by atoms with van der Waals surface area (Å²) in [5.74, 6) is 6.01. The van der Waals surface area contributed by atoms with E-state index >= 15 is 0 Å². The molecule has 0 amide bonds. The maximum absolute atomic E-state index is 6.24. The number of rotatable bonds is 4. The van der Waals surface area contributed by atoms with E-state index in [1.165, 1.54) is 0 Å². The minimum Gasteiger partial charge on any atom is -0.382 e. The van der Waals surface area contributed by atoms with Crippen LogP contribution >= 0.6 is 115 Å². The molecule has 4 aliphatic rings. The minimum absolute atomic E-state index is 0.366. The first kappa shape index (κ1) is 51.2. The van der Waals surface area contributed by atoms with Gasteiger partial charge in [0.25, 0.3) is 0 Å². The number of ether oxygens (including phenoxy) is 4. The number of hydrogen-bond acceptors (Lipinski definition) is 13. The quantitative estimate of drug-likeness (QED) is 0.164. The molecule has 0 saturated carbocycles. The van der Waals surface area contributed by atoms with E-state index < -0.39 is 0 Å². The van der Waals surface area contributed by atoms with Crippen molar-refractivity contribution in [1.29, 1.82) is 0 Å². The minimum atomic E-state index is 0.366. The van der Waals surface area contributed by atoms with Crippen LogP contribution in [0.25, 0.3) is 22.1 Å². The number of aromatic nitrogens is 12. The summed E-state index contributed by atoms with van der Waals surface area (Å²) in [6.07, 6.45) is 19.7. The van der Waals surface area contributed by atoms with Crippen molar-refractivity contribution in [2.45, 2.75) is 75.0 Å². The molecular formula is C44H45Cl6I2N13O4. The van der Waals surface area contributed by atoms with Gasteiger partial charge in [0.15, 0.2) is 21.3 Å². The van der Waals surface area contributed by atoms with E-state index in [4.69, 9.17) is 94.3 Å². The molecule has 0 radical (unpaired) electrons. The van der Waals surface area contributed by atoms with Crippen LogP contribution in [-0.2, 0) is 18.9 Å². The Labute approximate surface area is 453 Å². The lowest BCUT2D eigenvalue weighted by molar-refractivity contribution is 0.0834. The highest BCUT2D eigenvalue weighted by Crippen LogP contribution is 2.35. The number of halogens is 8.